The number of hydroxylamine groups is 2. The molecule has 0 aromatic heterocycles. The maximum Gasteiger partial charge on any atom is 0.410 e. The van der Waals surface area contributed by atoms with E-state index in [1.54, 1.807) is 17.0 Å². The van der Waals surface area contributed by atoms with E-state index in [0.29, 0.717) is 13.1 Å². The number of ether oxygens (including phenoxy) is 1. The molecule has 1 aromatic rings. The maximum atomic E-state index is 12.2. The Bertz CT molecular complexity index is 568. The van der Waals surface area contributed by atoms with E-state index in [0.717, 1.165) is 12.0 Å². The van der Waals surface area contributed by atoms with Crippen molar-refractivity contribution in [2.75, 3.05) is 20.1 Å². The molecule has 0 bridgehead atoms. The number of carbonyl (C=O) groups is 2. The lowest BCUT2D eigenvalue weighted by molar-refractivity contribution is -0.195. The van der Waals surface area contributed by atoms with Gasteiger partial charge >= 0.3 is 12.1 Å². The number of amides is 1. The molecule has 1 heterocycles. The number of nitrogens with zero attached hydrogens (tertiary/aromatic N) is 2. The van der Waals surface area contributed by atoms with Gasteiger partial charge in [0.25, 0.3) is 0 Å². The van der Waals surface area contributed by atoms with E-state index >= 15 is 0 Å². The van der Waals surface area contributed by atoms with Crippen LogP contribution in [0.4, 0.5) is 4.79 Å². The van der Waals surface area contributed by atoms with Crippen LogP contribution in [-0.4, -0.2) is 48.2 Å². The molecule has 2 rings (SSSR count). The van der Waals surface area contributed by atoms with Gasteiger partial charge in [0.2, 0.25) is 0 Å². The van der Waals surface area contributed by atoms with Gasteiger partial charge in [0, 0.05) is 13.6 Å². The topological polar surface area (TPSA) is 59.1 Å². The SMILES string of the molecule is CN(C(=O)OCc1ccccc1)[C@@H]1CCN(OC(=O)C(C)(C)C)C1. The molecule has 1 saturated heterocycles. The van der Waals surface area contributed by atoms with E-state index in [4.69, 9.17) is 9.57 Å². The number of hydrogen-bond acceptors (Lipinski definition) is 5. The first-order chi connectivity index (χ1) is 11.3. The number of hydrogen-bond donors (Lipinski definition) is 0. The highest BCUT2D eigenvalue weighted by molar-refractivity contribution is 5.75. The molecule has 0 saturated carbocycles. The second-order valence-corrected chi connectivity index (χ2v) is 7.11. The van der Waals surface area contributed by atoms with Crippen LogP contribution in [0.3, 0.4) is 0 Å². The molecule has 6 nitrogen and oxygen atoms in total. The van der Waals surface area contributed by atoms with Crippen molar-refractivity contribution in [3.8, 4) is 0 Å². The van der Waals surface area contributed by atoms with Crippen molar-refractivity contribution in [1.82, 2.24) is 9.96 Å². The molecule has 0 radical (unpaired) electrons. The molecular formula is C18H26N2O4. The minimum atomic E-state index is -0.543. The summed E-state index contributed by atoms with van der Waals surface area (Å²) in [6, 6.07) is 9.54. The van der Waals surface area contributed by atoms with Crippen molar-refractivity contribution in [3.05, 3.63) is 35.9 Å². The van der Waals surface area contributed by atoms with E-state index in [2.05, 4.69) is 0 Å². The van der Waals surface area contributed by atoms with Gasteiger partial charge in [-0.3, -0.25) is 0 Å². The van der Waals surface area contributed by atoms with Crippen LogP contribution in [0.5, 0.6) is 0 Å². The zero-order chi connectivity index (χ0) is 17.7. The Balaban J connectivity index is 1.79. The van der Waals surface area contributed by atoms with Gasteiger partial charge < -0.3 is 14.5 Å². The summed E-state index contributed by atoms with van der Waals surface area (Å²) in [4.78, 5) is 31.0. The molecule has 0 aliphatic carbocycles. The Morgan fingerprint density at radius 2 is 1.92 bits per heavy atom. The van der Waals surface area contributed by atoms with E-state index in [1.165, 1.54) is 0 Å². The van der Waals surface area contributed by atoms with Gasteiger partial charge in [-0.25, -0.2) is 9.59 Å². The zero-order valence-corrected chi connectivity index (χ0v) is 14.8. The van der Waals surface area contributed by atoms with E-state index < -0.39 is 5.41 Å². The van der Waals surface area contributed by atoms with Crippen molar-refractivity contribution in [2.45, 2.75) is 39.8 Å². The third-order valence-electron chi connectivity index (χ3n) is 3.99. The maximum absolute atomic E-state index is 12.2. The molecule has 1 aliphatic rings. The summed E-state index contributed by atoms with van der Waals surface area (Å²) >= 11 is 0. The lowest BCUT2D eigenvalue weighted by Gasteiger charge is -2.25. The van der Waals surface area contributed by atoms with Crippen molar-refractivity contribution in [1.29, 1.82) is 0 Å². The fourth-order valence-electron chi connectivity index (χ4n) is 2.33. The average Bonchev–Trinajstić information content (AvgIpc) is 3.00. The van der Waals surface area contributed by atoms with Crippen LogP contribution in [0.2, 0.25) is 0 Å². The molecular weight excluding hydrogens is 308 g/mol. The second-order valence-electron chi connectivity index (χ2n) is 7.11. The van der Waals surface area contributed by atoms with Gasteiger partial charge in [0.05, 0.1) is 18.0 Å². The van der Waals surface area contributed by atoms with Crippen molar-refractivity contribution in [2.24, 2.45) is 5.41 Å². The molecule has 1 aliphatic heterocycles. The number of carbonyl (C=O) groups excluding carboxylic acids is 2. The average molecular weight is 334 g/mol. The predicted octanol–water partition coefficient (Wildman–Crippen LogP) is 2.83. The van der Waals surface area contributed by atoms with Crippen LogP contribution in [0.25, 0.3) is 0 Å². The third-order valence-corrected chi connectivity index (χ3v) is 3.99. The highest BCUT2D eigenvalue weighted by Gasteiger charge is 2.33. The van der Waals surface area contributed by atoms with Gasteiger partial charge in [-0.1, -0.05) is 30.3 Å². The predicted molar refractivity (Wildman–Crippen MR) is 89.9 cm³/mol. The largest absolute Gasteiger partial charge is 0.445 e. The van der Waals surface area contributed by atoms with Crippen LogP contribution >= 0.6 is 0 Å². The first-order valence-electron chi connectivity index (χ1n) is 8.18. The minimum absolute atomic E-state index is 0.0268. The fraction of sp³-hybridized carbons (Fsp3) is 0.556. The Morgan fingerprint density at radius 3 is 2.54 bits per heavy atom. The van der Waals surface area contributed by atoms with Crippen LogP contribution < -0.4 is 0 Å². The third kappa shape index (κ3) is 4.96. The van der Waals surface area contributed by atoms with Gasteiger partial charge in [-0.15, -0.1) is 5.06 Å². The molecule has 1 aromatic carbocycles. The summed E-state index contributed by atoms with van der Waals surface area (Å²) < 4.78 is 5.33. The van der Waals surface area contributed by atoms with Crippen molar-refractivity contribution >= 4 is 12.1 Å². The summed E-state index contributed by atoms with van der Waals surface area (Å²) in [5.74, 6) is -0.266. The molecule has 0 unspecified atom stereocenters. The molecule has 6 heteroatoms. The number of rotatable bonds is 4. The van der Waals surface area contributed by atoms with Crippen LogP contribution in [0, 0.1) is 5.41 Å². The Hall–Kier alpha value is -2.08. The van der Waals surface area contributed by atoms with Crippen LogP contribution in [0.15, 0.2) is 30.3 Å². The number of benzene rings is 1. The molecule has 1 atom stereocenters. The van der Waals surface area contributed by atoms with Crippen LogP contribution in [0.1, 0.15) is 32.8 Å². The summed E-state index contributed by atoms with van der Waals surface area (Å²) in [5.41, 5.74) is 0.407. The van der Waals surface area contributed by atoms with Gasteiger partial charge in [0.15, 0.2) is 0 Å². The standard InChI is InChI=1S/C18H26N2O4/c1-18(2,3)16(21)24-20-11-10-15(12-20)19(4)17(22)23-13-14-8-6-5-7-9-14/h5-9,15H,10-13H2,1-4H3/t15-/m1/s1. The highest BCUT2D eigenvalue weighted by Crippen LogP contribution is 2.20. The van der Waals surface area contributed by atoms with Crippen molar-refractivity contribution < 1.29 is 19.2 Å². The van der Waals surface area contributed by atoms with E-state index in [-0.39, 0.29) is 24.7 Å². The van der Waals surface area contributed by atoms with E-state index in [1.807, 2.05) is 51.1 Å². The Labute approximate surface area is 143 Å². The smallest absolute Gasteiger partial charge is 0.410 e. The molecule has 1 fully saturated rings. The van der Waals surface area contributed by atoms with Crippen LogP contribution in [-0.2, 0) is 21.0 Å². The highest BCUT2D eigenvalue weighted by atomic mass is 16.7. The van der Waals surface area contributed by atoms with E-state index in [9.17, 15) is 9.59 Å². The first kappa shape index (κ1) is 18.3. The fourth-order valence-corrected chi connectivity index (χ4v) is 2.33. The summed E-state index contributed by atoms with van der Waals surface area (Å²) in [6.07, 6.45) is 0.377. The molecule has 132 valence electrons. The van der Waals surface area contributed by atoms with Gasteiger partial charge in [-0.05, 0) is 32.8 Å². The monoisotopic (exact) mass is 334 g/mol. The molecule has 0 N–H and O–H groups in total. The minimum Gasteiger partial charge on any atom is -0.445 e. The normalized spacial score (nSPS) is 18.2. The van der Waals surface area contributed by atoms with Gasteiger partial charge in [-0.2, -0.15) is 0 Å². The number of likely N-dealkylation sites (N-methyl/N-ethyl adjacent to an activating group) is 1. The lowest BCUT2D eigenvalue weighted by Crippen LogP contribution is -2.40. The molecule has 1 amide bonds. The summed E-state index contributed by atoms with van der Waals surface area (Å²) in [5, 5.41) is 1.62. The summed E-state index contributed by atoms with van der Waals surface area (Å²) in [6.45, 7) is 6.81. The quantitative estimate of drug-likeness (QED) is 0.847. The molecule has 0 spiro atoms. The van der Waals surface area contributed by atoms with Gasteiger partial charge in [0.1, 0.15) is 6.61 Å². The Morgan fingerprint density at radius 1 is 1.25 bits per heavy atom. The first-order valence-corrected chi connectivity index (χ1v) is 8.18. The lowest BCUT2D eigenvalue weighted by atomic mass is 9.98. The summed E-state index contributed by atoms with van der Waals surface area (Å²) in [7, 11) is 1.72. The molecule has 24 heavy (non-hydrogen) atoms. The second kappa shape index (κ2) is 7.66. The Kier molecular flexibility index (Phi) is 5.83. The zero-order valence-electron chi connectivity index (χ0n) is 14.8. The van der Waals surface area contributed by atoms with Crippen molar-refractivity contribution in [3.63, 3.8) is 0 Å².